The van der Waals surface area contributed by atoms with Gasteiger partial charge in [0, 0.05) is 10.8 Å². The molecule has 0 bridgehead atoms. The molecule has 23 heavy (non-hydrogen) atoms. The molecule has 0 spiro atoms. The molecular formula is C20H30O3. The first-order valence-corrected chi connectivity index (χ1v) is 9.12. The van der Waals surface area contributed by atoms with E-state index in [9.17, 15) is 4.79 Å². The van der Waals surface area contributed by atoms with Crippen LogP contribution in [0.25, 0.3) is 0 Å². The van der Waals surface area contributed by atoms with Gasteiger partial charge in [-0.25, -0.2) is 4.79 Å². The van der Waals surface area contributed by atoms with Gasteiger partial charge in [-0.1, -0.05) is 52.3 Å². The second kappa shape index (κ2) is 5.68. The van der Waals surface area contributed by atoms with Crippen molar-refractivity contribution < 1.29 is 14.3 Å². The highest BCUT2D eigenvalue weighted by molar-refractivity contribution is 5.65. The maximum absolute atomic E-state index is 12.2. The first kappa shape index (κ1) is 16.6. The van der Waals surface area contributed by atoms with Gasteiger partial charge in [0.1, 0.15) is 0 Å². The van der Waals surface area contributed by atoms with Crippen molar-refractivity contribution in [3.05, 3.63) is 23.8 Å². The molecule has 1 saturated heterocycles. The van der Waals surface area contributed by atoms with Gasteiger partial charge < -0.3 is 9.47 Å². The van der Waals surface area contributed by atoms with Gasteiger partial charge in [0.25, 0.3) is 0 Å². The van der Waals surface area contributed by atoms with Crippen molar-refractivity contribution >= 4 is 6.16 Å². The van der Waals surface area contributed by atoms with E-state index in [1.165, 1.54) is 12.0 Å². The van der Waals surface area contributed by atoms with Crippen molar-refractivity contribution in [1.29, 1.82) is 0 Å². The van der Waals surface area contributed by atoms with Crippen LogP contribution in [0.15, 0.2) is 23.8 Å². The summed E-state index contributed by atoms with van der Waals surface area (Å²) in [6, 6.07) is 0. The van der Waals surface area contributed by atoms with E-state index in [0.29, 0.717) is 0 Å². The van der Waals surface area contributed by atoms with Crippen LogP contribution in [0.2, 0.25) is 0 Å². The second-order valence-electron chi connectivity index (χ2n) is 8.30. The third kappa shape index (κ3) is 2.53. The third-order valence-corrected chi connectivity index (χ3v) is 6.27. The van der Waals surface area contributed by atoms with Gasteiger partial charge in [-0.3, -0.25) is 0 Å². The standard InChI is InChI=1S/C20H30O3/c1-5-6-14-20-16(22-17(21)23-20)15-10-7-8-12-19(15,4)13-9-11-18(20,2)3/h9-10,13,16H,5-8,11-12,14H2,1-4H3/b13-9-/t16-,19-,20+/m0/s1. The summed E-state index contributed by atoms with van der Waals surface area (Å²) in [5, 5.41) is 0. The van der Waals surface area contributed by atoms with Crippen LogP contribution >= 0.6 is 0 Å². The summed E-state index contributed by atoms with van der Waals surface area (Å²) < 4.78 is 11.8. The molecule has 0 N–H and O–H groups in total. The largest absolute Gasteiger partial charge is 0.509 e. The van der Waals surface area contributed by atoms with Gasteiger partial charge in [-0.05, 0) is 44.1 Å². The van der Waals surface area contributed by atoms with E-state index in [1.54, 1.807) is 0 Å². The zero-order valence-corrected chi connectivity index (χ0v) is 15.0. The van der Waals surface area contributed by atoms with Crippen LogP contribution < -0.4 is 0 Å². The monoisotopic (exact) mass is 318 g/mol. The molecule has 0 aromatic rings. The molecule has 3 rings (SSSR count). The minimum Gasteiger partial charge on any atom is -0.423 e. The van der Waals surface area contributed by atoms with Crippen LogP contribution in [0.3, 0.4) is 0 Å². The van der Waals surface area contributed by atoms with Gasteiger partial charge in [-0.15, -0.1) is 0 Å². The molecule has 0 aromatic heterocycles. The first-order chi connectivity index (χ1) is 10.8. The molecule has 0 saturated carbocycles. The molecule has 0 unspecified atom stereocenters. The lowest BCUT2D eigenvalue weighted by Gasteiger charge is -2.49. The van der Waals surface area contributed by atoms with E-state index < -0.39 is 11.8 Å². The normalized spacial score (nSPS) is 39.9. The molecule has 1 aliphatic heterocycles. The Balaban J connectivity index is 2.13. The first-order valence-electron chi connectivity index (χ1n) is 9.12. The number of carbonyl (C=O) groups excluding carboxylic acids is 1. The summed E-state index contributed by atoms with van der Waals surface area (Å²) in [4.78, 5) is 12.2. The van der Waals surface area contributed by atoms with Gasteiger partial charge in [-0.2, -0.15) is 0 Å². The minimum atomic E-state index is -0.546. The number of hydrogen-bond donors (Lipinski definition) is 0. The molecule has 1 heterocycles. The lowest BCUT2D eigenvalue weighted by atomic mass is 9.59. The van der Waals surface area contributed by atoms with E-state index in [0.717, 1.165) is 38.5 Å². The fraction of sp³-hybridized carbons (Fsp3) is 0.750. The molecule has 3 aliphatic rings. The van der Waals surface area contributed by atoms with Crippen LogP contribution in [-0.4, -0.2) is 17.9 Å². The molecule has 1 fully saturated rings. The molecule has 0 radical (unpaired) electrons. The van der Waals surface area contributed by atoms with Crippen LogP contribution in [-0.2, 0) is 9.47 Å². The Morgan fingerprint density at radius 2 is 2.09 bits per heavy atom. The zero-order valence-electron chi connectivity index (χ0n) is 15.0. The van der Waals surface area contributed by atoms with E-state index >= 15 is 0 Å². The number of fused-ring (bicyclic) bond motifs is 3. The maximum Gasteiger partial charge on any atom is 0.509 e. The summed E-state index contributed by atoms with van der Waals surface area (Å²) in [6.45, 7) is 8.90. The molecule has 3 heteroatoms. The highest BCUT2D eigenvalue weighted by Gasteiger charge is 2.62. The molecular weight excluding hydrogens is 288 g/mol. The summed E-state index contributed by atoms with van der Waals surface area (Å²) in [5.41, 5.74) is 0.560. The average molecular weight is 318 g/mol. The van der Waals surface area contributed by atoms with Crippen molar-refractivity contribution in [1.82, 2.24) is 0 Å². The van der Waals surface area contributed by atoms with E-state index in [-0.39, 0.29) is 16.9 Å². The Hall–Kier alpha value is -1.25. The Kier molecular flexibility index (Phi) is 4.10. The van der Waals surface area contributed by atoms with Gasteiger partial charge in [0.05, 0.1) is 0 Å². The summed E-state index contributed by atoms with van der Waals surface area (Å²) in [6.07, 6.45) is 13.5. The molecule has 0 aromatic carbocycles. The quantitative estimate of drug-likeness (QED) is 0.505. The number of allylic oxidation sites excluding steroid dienone is 3. The maximum atomic E-state index is 12.2. The summed E-state index contributed by atoms with van der Waals surface area (Å²) in [7, 11) is 0. The van der Waals surface area contributed by atoms with Crippen LogP contribution in [0, 0.1) is 10.8 Å². The molecule has 3 atom stereocenters. The predicted octanol–water partition coefficient (Wildman–Crippen LogP) is 5.55. The predicted molar refractivity (Wildman–Crippen MR) is 91.2 cm³/mol. The zero-order chi connectivity index (χ0) is 16.7. The highest BCUT2D eigenvalue weighted by Crippen LogP contribution is 2.56. The van der Waals surface area contributed by atoms with Crippen molar-refractivity contribution in [2.24, 2.45) is 10.8 Å². The second-order valence-corrected chi connectivity index (χ2v) is 8.30. The van der Waals surface area contributed by atoms with Gasteiger partial charge >= 0.3 is 6.16 Å². The Labute approximate surface area is 140 Å². The van der Waals surface area contributed by atoms with Crippen LogP contribution in [0.4, 0.5) is 4.79 Å². The van der Waals surface area contributed by atoms with Crippen LogP contribution in [0.5, 0.6) is 0 Å². The molecule has 0 amide bonds. The molecule has 2 aliphatic carbocycles. The average Bonchev–Trinajstić information content (AvgIpc) is 2.82. The topological polar surface area (TPSA) is 35.5 Å². The fourth-order valence-corrected chi connectivity index (χ4v) is 4.66. The number of hydrogen-bond acceptors (Lipinski definition) is 3. The molecule has 128 valence electrons. The molecule has 3 nitrogen and oxygen atoms in total. The number of ether oxygens (including phenoxy) is 2. The van der Waals surface area contributed by atoms with Crippen molar-refractivity contribution in [3.63, 3.8) is 0 Å². The van der Waals surface area contributed by atoms with Gasteiger partial charge in [0.15, 0.2) is 11.7 Å². The van der Waals surface area contributed by atoms with Crippen molar-refractivity contribution in [2.75, 3.05) is 0 Å². The van der Waals surface area contributed by atoms with Crippen molar-refractivity contribution in [3.8, 4) is 0 Å². The third-order valence-electron chi connectivity index (χ3n) is 6.27. The Morgan fingerprint density at radius 1 is 1.30 bits per heavy atom. The lowest BCUT2D eigenvalue weighted by Crippen LogP contribution is -2.55. The van der Waals surface area contributed by atoms with E-state index in [2.05, 4.69) is 45.9 Å². The van der Waals surface area contributed by atoms with E-state index in [1.807, 2.05) is 0 Å². The summed E-state index contributed by atoms with van der Waals surface area (Å²) in [5.74, 6) is 0. The Bertz CT molecular complexity index is 545. The van der Waals surface area contributed by atoms with Crippen molar-refractivity contribution in [2.45, 2.75) is 84.3 Å². The van der Waals surface area contributed by atoms with E-state index in [4.69, 9.17) is 9.47 Å². The number of unbranched alkanes of at least 4 members (excludes halogenated alkanes) is 1. The summed E-state index contributed by atoms with van der Waals surface area (Å²) >= 11 is 0. The number of rotatable bonds is 3. The smallest absolute Gasteiger partial charge is 0.423 e. The fourth-order valence-electron chi connectivity index (χ4n) is 4.66. The SMILES string of the molecule is CCCC[C@@]12OC(=O)O[C@H]1C1=CCCC[C@@]1(C)/C=C\CC2(C)C. The van der Waals surface area contributed by atoms with Crippen LogP contribution in [0.1, 0.15) is 72.6 Å². The highest BCUT2D eigenvalue weighted by atomic mass is 16.8. The number of carbonyl (C=O) groups is 1. The van der Waals surface area contributed by atoms with Gasteiger partial charge in [0.2, 0.25) is 0 Å². The lowest BCUT2D eigenvalue weighted by molar-refractivity contribution is -0.0740. The minimum absolute atomic E-state index is 0.00907. The Morgan fingerprint density at radius 3 is 2.83 bits per heavy atom.